The van der Waals surface area contributed by atoms with E-state index in [2.05, 4.69) is 250 Å². The molecule has 123 heavy (non-hydrogen) atoms. The smallest absolute Gasteiger partial charge is 0.173 e. The number of methoxy groups -OCH3 is 1. The summed E-state index contributed by atoms with van der Waals surface area (Å²) in [5.74, 6) is 3.66. The van der Waals surface area contributed by atoms with Crippen LogP contribution >= 0.6 is 31.2 Å². The Bertz CT molecular complexity index is 4730. The second-order valence-corrected chi connectivity index (χ2v) is 38.2. The number of ether oxygens (including phenoxy) is 6. The quantitative estimate of drug-likeness (QED) is 0.0210. The molecule has 12 nitrogen and oxygen atoms in total. The Morgan fingerprint density at radius 3 is 0.959 bits per heavy atom. The third-order valence-electron chi connectivity index (χ3n) is 20.2. The van der Waals surface area contributed by atoms with Crippen molar-refractivity contribution in [2.24, 2.45) is 23.2 Å². The summed E-state index contributed by atoms with van der Waals surface area (Å²) in [5.41, 5.74) is 15.9. The van der Waals surface area contributed by atoms with Crippen molar-refractivity contribution >= 4 is 48.6 Å². The van der Waals surface area contributed by atoms with Crippen LogP contribution in [-0.2, 0) is 61.9 Å². The van der Waals surface area contributed by atoms with Gasteiger partial charge >= 0.3 is 138 Å². The summed E-state index contributed by atoms with van der Waals surface area (Å²) >= 11 is 0. The predicted molar refractivity (Wildman–Crippen MR) is 421 cm³/mol. The first-order chi connectivity index (χ1) is 56.5. The molecule has 10 aromatic rings. The van der Waals surface area contributed by atoms with Crippen LogP contribution in [0.2, 0.25) is 0 Å². The molecule has 0 N–H and O–H groups in total. The van der Waals surface area contributed by atoms with Crippen LogP contribution in [0.5, 0.6) is 11.5 Å². The number of anilines is 2. The number of rotatable bonds is 18. The molecule has 6 aromatic carbocycles. The average molecular weight is 1850 g/mol. The van der Waals surface area contributed by atoms with E-state index in [0.717, 1.165) is 110 Å². The molecule has 0 spiro atoms. The first kappa shape index (κ1) is 96.1. The van der Waals surface area contributed by atoms with Gasteiger partial charge in [-0.15, -0.1) is 0 Å². The van der Waals surface area contributed by atoms with E-state index in [1.165, 1.54) is 69.3 Å². The maximum atomic E-state index is 13.3. The molecule has 0 amide bonds. The SMILES string of the molecule is COC1(c2ccc(OCCOCCOCCOCCCc3ccc(OC(=O)C45CC6CC(CC(C6)C4)C5)cc3)cc2)c2ccccc2N(C)c2ccccc21.F[P-](F)(F)(F)(F)F.F[P-](F)(F)(F)(F)F.F[P-](F)(F)(F)(F)F.F[P-](F)(F)(F)(F)F.c1cc2ccc1C[n+]1ccc(cc1)-c1cc[n+](cc1)Cc1ccc(cc1)C[n+]1ccc(cc1)-c1cc[n+](cc1)C2. The molecule has 31 rings (SSSR count). The number of esters is 1. The van der Waals surface area contributed by atoms with Crippen LogP contribution in [0.25, 0.3) is 22.3 Å². The monoisotopic (exact) mass is 1850 g/mol. The Morgan fingerprint density at radius 2 is 0.650 bits per heavy atom. The van der Waals surface area contributed by atoms with Crippen molar-refractivity contribution in [3.8, 4) is 33.8 Å². The molecule has 17 aliphatic heterocycles. The van der Waals surface area contributed by atoms with Gasteiger partial charge in [-0.2, -0.15) is 0 Å². The number of para-hydroxylation sites is 2. The van der Waals surface area contributed by atoms with E-state index in [-0.39, 0.29) is 11.4 Å². The fourth-order valence-electron chi connectivity index (χ4n) is 15.6. The number of benzene rings is 6. The van der Waals surface area contributed by atoms with Gasteiger partial charge in [-0.3, -0.25) is 4.79 Å². The number of nitrogens with zero attached hydrogens (tertiary/aromatic N) is 5. The number of carbonyl (C=O) groups is 1. The average Bonchev–Trinajstić information content (AvgIpc) is 0.715. The van der Waals surface area contributed by atoms with Crippen molar-refractivity contribution in [3.63, 3.8) is 0 Å². The molecular weight excluding hydrogens is 1760 g/mol. The minimum absolute atomic E-state index is 0.0106. The van der Waals surface area contributed by atoms with Gasteiger partial charge in [-0.05, 0) is 139 Å². The molecule has 21 aliphatic rings. The number of hydrogen-bond donors (Lipinski definition) is 0. The van der Waals surface area contributed by atoms with Crippen LogP contribution in [0.1, 0.15) is 89.5 Å². The zero-order valence-electron chi connectivity index (χ0n) is 65.7. The minimum atomic E-state index is -10.7. The van der Waals surface area contributed by atoms with Crippen molar-refractivity contribution in [1.29, 1.82) is 0 Å². The van der Waals surface area contributed by atoms with E-state index < -0.39 is 36.8 Å². The molecular formula is C83H87F24N5O7P4. The summed E-state index contributed by atoms with van der Waals surface area (Å²) in [6, 6.07) is 68.6. The first-order valence-corrected chi connectivity index (χ1v) is 46.3. The Kier molecular flexibility index (Phi) is 26.8. The maximum Gasteiger partial charge on any atom is 0.173 e. The van der Waals surface area contributed by atoms with Crippen LogP contribution in [0.4, 0.5) is 112 Å². The summed E-state index contributed by atoms with van der Waals surface area (Å²) in [7, 11) is -38.7. The number of fused-ring (bicyclic) bond motifs is 2. The van der Waals surface area contributed by atoms with Gasteiger partial charge in [0.1, 0.15) is 23.7 Å². The van der Waals surface area contributed by atoms with E-state index in [0.29, 0.717) is 52.0 Å². The molecule has 0 atom stereocenters. The molecule has 21 heterocycles. The van der Waals surface area contributed by atoms with Gasteiger partial charge in [-0.1, -0.05) is 109 Å². The normalized spacial score (nSPS) is 19.6. The van der Waals surface area contributed by atoms with Crippen molar-refractivity contribution in [1.82, 2.24) is 0 Å². The van der Waals surface area contributed by atoms with E-state index in [1.54, 1.807) is 7.11 Å². The number of aryl methyl sites for hydroxylation is 1. The van der Waals surface area contributed by atoms with Crippen molar-refractivity contribution < 1.29 is 152 Å². The molecule has 40 heteroatoms. The number of halogens is 24. The number of aromatic nitrogens is 4. The second kappa shape index (κ2) is 34.3. The third-order valence-corrected chi connectivity index (χ3v) is 20.2. The van der Waals surface area contributed by atoms with Gasteiger partial charge in [0.25, 0.3) is 0 Å². The molecule has 4 fully saturated rings. The fourth-order valence-corrected chi connectivity index (χ4v) is 15.6. The molecule has 0 saturated heterocycles. The molecule has 0 radical (unpaired) electrons. The first-order valence-electron chi connectivity index (χ1n) is 38.2. The van der Waals surface area contributed by atoms with Crippen molar-refractivity contribution in [3.05, 3.63) is 288 Å². The second-order valence-electron chi connectivity index (χ2n) is 30.5. The molecule has 674 valence electrons. The zero-order valence-corrected chi connectivity index (χ0v) is 69.3. The van der Waals surface area contributed by atoms with Gasteiger partial charge in [0.2, 0.25) is 0 Å². The fraction of sp³-hybridized carbons (Fsp3) is 0.313. The topological polar surface area (TPSA) is 91.2 Å². The predicted octanol–water partition coefficient (Wildman–Crippen LogP) is 27.1. The van der Waals surface area contributed by atoms with E-state index in [1.807, 2.05) is 24.3 Å². The summed E-state index contributed by atoms with van der Waals surface area (Å²) in [5, 5.41) is 0. The summed E-state index contributed by atoms with van der Waals surface area (Å²) < 4.78 is 281. The van der Waals surface area contributed by atoms with Crippen molar-refractivity contribution in [2.75, 3.05) is 65.3 Å². The van der Waals surface area contributed by atoms with Crippen LogP contribution in [-0.4, -0.2) is 66.4 Å². The number of carbonyl (C=O) groups excluding carboxylic acids is 1. The standard InChI is InChI=1S/C47H55NO7.C36H32N4.4F6P/c1-48-43-11-5-3-9-41(43)47(50-2,42-10-4-6-12-44(42)48)38-15-19-39(20-16-38)54-27-26-53-25-24-52-23-22-51-21-7-8-34-13-17-40(18-14-34)55-45(49)46-31-35-28-36(32-46)30-37(29-35)33-46;1-2-30-4-3-29(1)25-37-17-9-33(10-18-37)35-13-21-39(22-14-35)27-31-5-7-32(8-6-31)28-40-23-15-36(16-24-40)34-11-19-38(26-30)20-12-34;4*1-7(2,3,4,5)6/h3-6,9-20,35-37H,7-8,21-33H2,1-2H3;1-24H,25-28H2;;;;/q;+4;4*-1. The Morgan fingerprint density at radius 1 is 0.366 bits per heavy atom. The maximum absolute atomic E-state index is 13.3. The van der Waals surface area contributed by atoms with Crippen LogP contribution in [0, 0.1) is 23.2 Å². The molecule has 4 aliphatic carbocycles. The number of pyridine rings is 4. The Balaban J connectivity index is 0.000000201. The Hall–Kier alpha value is -9.13. The molecule has 0 unspecified atom stereocenters. The van der Waals surface area contributed by atoms with Crippen LogP contribution in [0.3, 0.4) is 0 Å². The summed E-state index contributed by atoms with van der Waals surface area (Å²) in [6.07, 6.45) is 26.3. The molecule has 4 aromatic heterocycles. The van der Waals surface area contributed by atoms with Crippen molar-refractivity contribution in [2.45, 2.75) is 83.1 Å². The number of hydrogen-bond acceptors (Lipinski definition) is 8. The van der Waals surface area contributed by atoms with Crippen LogP contribution < -0.4 is 32.6 Å². The van der Waals surface area contributed by atoms with E-state index in [4.69, 9.17) is 28.4 Å². The van der Waals surface area contributed by atoms with E-state index in [9.17, 15) is 106 Å². The molecule has 4 saturated carbocycles. The summed E-state index contributed by atoms with van der Waals surface area (Å²) in [6.45, 7) is 7.10. The largest absolute Gasteiger partial charge is 0.201 e. The van der Waals surface area contributed by atoms with Gasteiger partial charge in [-0.25, -0.2) is 18.3 Å². The molecule has 16 bridgehead atoms. The Labute approximate surface area is 691 Å². The zero-order chi connectivity index (χ0) is 90.0. The summed E-state index contributed by atoms with van der Waals surface area (Å²) in [4.78, 5) is 15.5. The minimum Gasteiger partial charge on any atom is -0.201 e. The van der Waals surface area contributed by atoms with Gasteiger partial charge in [0.15, 0.2) is 75.8 Å². The van der Waals surface area contributed by atoms with E-state index >= 15 is 0 Å². The van der Waals surface area contributed by atoms with Gasteiger partial charge in [0.05, 0.1) is 38.4 Å². The van der Waals surface area contributed by atoms with Crippen LogP contribution in [0.15, 0.2) is 244 Å². The van der Waals surface area contributed by atoms with Gasteiger partial charge < -0.3 is 33.3 Å². The van der Waals surface area contributed by atoms with Gasteiger partial charge in [0, 0.05) is 114 Å². The third kappa shape index (κ3) is 35.1.